The molecule has 3 aromatic rings. The van der Waals surface area contributed by atoms with Crippen LogP contribution in [0, 0.1) is 11.7 Å². The van der Waals surface area contributed by atoms with E-state index in [-0.39, 0.29) is 47.7 Å². The molecule has 0 saturated carbocycles. The van der Waals surface area contributed by atoms with Crippen molar-refractivity contribution in [3.05, 3.63) is 77.1 Å². The van der Waals surface area contributed by atoms with E-state index in [1.54, 1.807) is 53.4 Å². The molecule has 0 aromatic heterocycles. The number of hydrogen-bond donors (Lipinski definition) is 2. The summed E-state index contributed by atoms with van der Waals surface area (Å²) < 4.78 is 30.9. The first kappa shape index (κ1) is 26.1. The van der Waals surface area contributed by atoms with Gasteiger partial charge in [-0.25, -0.2) is 4.39 Å². The van der Waals surface area contributed by atoms with Crippen LogP contribution in [-0.2, 0) is 16.2 Å². The predicted molar refractivity (Wildman–Crippen MR) is 139 cm³/mol. The van der Waals surface area contributed by atoms with Gasteiger partial charge in [0.05, 0.1) is 30.3 Å². The first-order valence-electron chi connectivity index (χ1n) is 11.7. The third-order valence-corrected chi connectivity index (χ3v) is 6.25. The van der Waals surface area contributed by atoms with Crippen LogP contribution in [0.25, 0.3) is 0 Å². The van der Waals surface area contributed by atoms with Crippen molar-refractivity contribution < 1.29 is 28.2 Å². The molecule has 1 fully saturated rings. The highest BCUT2D eigenvalue weighted by Gasteiger charge is 2.35. The highest BCUT2D eigenvalue weighted by atomic mass is 35.5. The summed E-state index contributed by atoms with van der Waals surface area (Å²) >= 11 is 6.11. The lowest BCUT2D eigenvalue weighted by molar-refractivity contribution is -0.125. The fourth-order valence-electron chi connectivity index (χ4n) is 3.99. The third kappa shape index (κ3) is 6.06. The maximum Gasteiger partial charge on any atom is 0.243 e. The summed E-state index contributed by atoms with van der Waals surface area (Å²) in [5, 5.41) is 0.237. The number of halogens is 2. The number of benzene rings is 3. The molecule has 2 amide bonds. The van der Waals surface area contributed by atoms with E-state index < -0.39 is 11.7 Å². The van der Waals surface area contributed by atoms with Crippen LogP contribution in [0.15, 0.2) is 60.7 Å². The Morgan fingerprint density at radius 2 is 1.86 bits per heavy atom. The molecule has 0 unspecified atom stereocenters. The summed E-state index contributed by atoms with van der Waals surface area (Å²) in [6, 6.07) is 16.6. The molecule has 4 rings (SSSR count). The number of anilines is 2. The fraction of sp³-hybridized carbons (Fsp3) is 0.259. The van der Waals surface area contributed by atoms with Crippen molar-refractivity contribution in [1.82, 2.24) is 5.43 Å². The Balaban J connectivity index is 1.41. The molecule has 194 valence electrons. The number of carbonyl (C=O) groups is 2. The van der Waals surface area contributed by atoms with Crippen molar-refractivity contribution in [3.8, 4) is 17.2 Å². The van der Waals surface area contributed by atoms with Gasteiger partial charge in [-0.05, 0) is 55.5 Å². The van der Waals surface area contributed by atoms with Crippen molar-refractivity contribution in [2.24, 2.45) is 5.92 Å². The van der Waals surface area contributed by atoms with Gasteiger partial charge in [0, 0.05) is 24.2 Å². The second kappa shape index (κ2) is 11.8. The Morgan fingerprint density at radius 1 is 1.11 bits per heavy atom. The van der Waals surface area contributed by atoms with Gasteiger partial charge in [-0.1, -0.05) is 23.7 Å². The Morgan fingerprint density at radius 3 is 2.57 bits per heavy atom. The summed E-state index contributed by atoms with van der Waals surface area (Å²) in [7, 11) is 1.47. The number of ether oxygens (including phenoxy) is 3. The molecule has 1 heterocycles. The molecule has 10 heteroatoms. The number of methoxy groups -OCH3 is 1. The second-order valence-electron chi connectivity index (χ2n) is 8.27. The highest BCUT2D eigenvalue weighted by Crippen LogP contribution is 2.36. The smallest absolute Gasteiger partial charge is 0.243 e. The standard InChI is InChI=1S/C27H27ClFN3O5/c1-3-36-19-12-10-18(11-13-19)32-15-17(14-25(32)33)27(34)31-30-23-8-5-9-24(35-2)26(23)37-16-20-21(28)6-4-7-22(20)29/h4-13,17,30H,3,14-16H2,1-2H3,(H,31,34)/t17-/m1/s1. The first-order valence-corrected chi connectivity index (χ1v) is 12.1. The van der Waals surface area contributed by atoms with Crippen LogP contribution < -0.4 is 30.0 Å². The van der Waals surface area contributed by atoms with Gasteiger partial charge in [-0.15, -0.1) is 0 Å². The number of nitrogens with zero attached hydrogens (tertiary/aromatic N) is 1. The first-order chi connectivity index (χ1) is 17.9. The number of carbonyl (C=O) groups excluding carboxylic acids is 2. The van der Waals surface area contributed by atoms with Crippen LogP contribution in [0.1, 0.15) is 18.9 Å². The van der Waals surface area contributed by atoms with Gasteiger partial charge in [0.2, 0.25) is 11.8 Å². The Hall–Kier alpha value is -3.98. The minimum atomic E-state index is -0.557. The molecule has 0 aliphatic carbocycles. The van der Waals surface area contributed by atoms with Gasteiger partial charge < -0.3 is 19.1 Å². The van der Waals surface area contributed by atoms with E-state index in [0.29, 0.717) is 29.5 Å². The molecule has 2 N–H and O–H groups in total. The summed E-state index contributed by atoms with van der Waals surface area (Å²) in [4.78, 5) is 27.1. The molecule has 3 aromatic carbocycles. The average Bonchev–Trinajstić information content (AvgIpc) is 3.29. The van der Waals surface area contributed by atoms with Crippen LogP contribution in [0.5, 0.6) is 17.2 Å². The van der Waals surface area contributed by atoms with Crippen molar-refractivity contribution in [3.63, 3.8) is 0 Å². The van der Waals surface area contributed by atoms with Crippen molar-refractivity contribution >= 4 is 34.8 Å². The second-order valence-corrected chi connectivity index (χ2v) is 8.68. The van der Waals surface area contributed by atoms with E-state index >= 15 is 0 Å². The molecule has 1 atom stereocenters. The SMILES string of the molecule is CCOc1ccc(N2C[C@H](C(=O)NNc3cccc(OC)c3OCc3c(F)cccc3Cl)CC2=O)cc1. The largest absolute Gasteiger partial charge is 0.494 e. The summed E-state index contributed by atoms with van der Waals surface area (Å²) in [6.07, 6.45) is 0.0774. The molecule has 37 heavy (non-hydrogen) atoms. The summed E-state index contributed by atoms with van der Waals surface area (Å²) in [6.45, 7) is 2.54. The zero-order valence-electron chi connectivity index (χ0n) is 20.4. The monoisotopic (exact) mass is 527 g/mol. The number of nitrogens with one attached hydrogen (secondary N) is 2. The Labute approximate surface area is 219 Å². The molecular weight excluding hydrogens is 501 g/mol. The lowest BCUT2D eigenvalue weighted by atomic mass is 10.1. The topological polar surface area (TPSA) is 89.1 Å². The molecule has 8 nitrogen and oxygen atoms in total. The maximum absolute atomic E-state index is 14.2. The molecule has 0 spiro atoms. The quantitative estimate of drug-likeness (QED) is 0.362. The van der Waals surface area contributed by atoms with Crippen LogP contribution in [-0.4, -0.2) is 32.1 Å². The van der Waals surface area contributed by atoms with Gasteiger partial charge in [0.25, 0.3) is 0 Å². The summed E-state index contributed by atoms with van der Waals surface area (Å²) in [5.41, 5.74) is 6.79. The van der Waals surface area contributed by atoms with Gasteiger partial charge in [0.1, 0.15) is 18.2 Å². The van der Waals surface area contributed by atoms with Gasteiger partial charge >= 0.3 is 0 Å². The number of hydrogen-bond acceptors (Lipinski definition) is 6. The molecule has 1 aliphatic heterocycles. The van der Waals surface area contributed by atoms with Crippen LogP contribution in [0.3, 0.4) is 0 Å². The van der Waals surface area contributed by atoms with Gasteiger partial charge in [-0.3, -0.25) is 20.4 Å². The van der Waals surface area contributed by atoms with Crippen LogP contribution >= 0.6 is 11.6 Å². The number of hydrazine groups is 1. The minimum Gasteiger partial charge on any atom is -0.494 e. The molecule has 1 saturated heterocycles. The number of para-hydroxylation sites is 1. The van der Waals surface area contributed by atoms with Crippen molar-refractivity contribution in [1.29, 1.82) is 0 Å². The predicted octanol–water partition coefficient (Wildman–Crippen LogP) is 4.96. The van der Waals surface area contributed by atoms with E-state index in [1.165, 1.54) is 19.2 Å². The zero-order chi connectivity index (χ0) is 26.4. The Kier molecular flexibility index (Phi) is 8.35. The normalized spacial score (nSPS) is 14.9. The van der Waals surface area contributed by atoms with Crippen LogP contribution in [0.4, 0.5) is 15.8 Å². The average molecular weight is 528 g/mol. The molecule has 0 bridgehead atoms. The van der Waals surface area contributed by atoms with E-state index in [9.17, 15) is 14.0 Å². The maximum atomic E-state index is 14.2. The van der Waals surface area contributed by atoms with Gasteiger partial charge in [0.15, 0.2) is 11.5 Å². The molecular formula is C27H27ClFN3O5. The lowest BCUT2D eigenvalue weighted by Crippen LogP contribution is -2.36. The zero-order valence-corrected chi connectivity index (χ0v) is 21.2. The summed E-state index contributed by atoms with van der Waals surface area (Å²) in [5.74, 6) is -0.186. The Bertz CT molecular complexity index is 1250. The molecule has 1 aliphatic rings. The van der Waals surface area contributed by atoms with E-state index in [2.05, 4.69) is 10.9 Å². The van der Waals surface area contributed by atoms with E-state index in [1.807, 2.05) is 6.92 Å². The van der Waals surface area contributed by atoms with Crippen LogP contribution in [0.2, 0.25) is 5.02 Å². The minimum absolute atomic E-state index is 0.0774. The molecule has 0 radical (unpaired) electrons. The van der Waals surface area contributed by atoms with E-state index in [0.717, 1.165) is 0 Å². The third-order valence-electron chi connectivity index (χ3n) is 5.90. The number of rotatable bonds is 10. The van der Waals surface area contributed by atoms with Crippen molar-refractivity contribution in [2.75, 3.05) is 30.6 Å². The lowest BCUT2D eigenvalue weighted by Gasteiger charge is -2.19. The van der Waals surface area contributed by atoms with Crippen molar-refractivity contribution in [2.45, 2.75) is 20.0 Å². The number of amides is 2. The fourth-order valence-corrected chi connectivity index (χ4v) is 4.21. The highest BCUT2D eigenvalue weighted by molar-refractivity contribution is 6.31. The van der Waals surface area contributed by atoms with E-state index in [4.69, 9.17) is 25.8 Å². The van der Waals surface area contributed by atoms with Gasteiger partial charge in [-0.2, -0.15) is 0 Å².